The first-order chi connectivity index (χ1) is 14.0. The van der Waals surface area contributed by atoms with E-state index in [2.05, 4.69) is 20.2 Å². The number of nitrogens with one attached hydrogen (secondary N) is 1. The molecule has 2 heterocycles. The summed E-state index contributed by atoms with van der Waals surface area (Å²) in [5.74, 6) is 0.274. The van der Waals surface area contributed by atoms with Crippen molar-refractivity contribution in [2.75, 3.05) is 36.5 Å². The van der Waals surface area contributed by atoms with Gasteiger partial charge in [0.1, 0.15) is 5.82 Å². The Balaban J connectivity index is 1.73. The number of nitrogens with zero attached hydrogens (tertiary/aromatic N) is 4. The van der Waals surface area contributed by atoms with Gasteiger partial charge in [0.2, 0.25) is 18.2 Å². The minimum atomic E-state index is -0.634. The molecule has 7 nitrogen and oxygen atoms in total. The summed E-state index contributed by atoms with van der Waals surface area (Å²) in [6.45, 7) is 2.51. The normalized spacial score (nSPS) is 19.6. The molecule has 2 aromatic carbocycles. The molecular weight excluding hydrogens is 418 g/mol. The molecule has 2 aliphatic heterocycles. The van der Waals surface area contributed by atoms with Crippen LogP contribution in [-0.2, 0) is 4.74 Å². The van der Waals surface area contributed by atoms with E-state index in [1.165, 1.54) is 12.1 Å². The van der Waals surface area contributed by atoms with Gasteiger partial charge >= 0.3 is 0 Å². The Bertz CT molecular complexity index is 963. The van der Waals surface area contributed by atoms with Crippen LogP contribution in [-0.4, -0.2) is 49.4 Å². The zero-order valence-electron chi connectivity index (χ0n) is 15.4. The molecule has 0 aromatic heterocycles. The maximum atomic E-state index is 13.6. The Morgan fingerprint density at radius 2 is 1.93 bits per heavy atom. The number of hydrogen-bond acceptors (Lipinski definition) is 7. The highest BCUT2D eigenvalue weighted by molar-refractivity contribution is 6.31. The summed E-state index contributed by atoms with van der Waals surface area (Å²) in [7, 11) is 0. The number of guanidine groups is 2. The maximum Gasteiger partial charge on any atom is 0.222 e. The van der Waals surface area contributed by atoms with E-state index in [-0.39, 0.29) is 11.0 Å². The van der Waals surface area contributed by atoms with E-state index in [4.69, 9.17) is 33.7 Å². The molecule has 0 amide bonds. The van der Waals surface area contributed by atoms with Gasteiger partial charge < -0.3 is 20.7 Å². The van der Waals surface area contributed by atoms with Crippen LogP contribution < -0.4 is 16.0 Å². The van der Waals surface area contributed by atoms with E-state index in [9.17, 15) is 4.39 Å². The number of rotatable bonds is 3. The van der Waals surface area contributed by atoms with Gasteiger partial charge in [0.25, 0.3) is 0 Å². The lowest BCUT2D eigenvalue weighted by Crippen LogP contribution is -2.57. The van der Waals surface area contributed by atoms with Crippen LogP contribution in [0.2, 0.25) is 10.0 Å². The van der Waals surface area contributed by atoms with Crippen molar-refractivity contribution in [3.8, 4) is 0 Å². The lowest BCUT2D eigenvalue weighted by Gasteiger charge is -2.41. The molecule has 2 aliphatic rings. The molecule has 0 bridgehead atoms. The summed E-state index contributed by atoms with van der Waals surface area (Å²) >= 11 is 12.2. The molecule has 0 spiro atoms. The van der Waals surface area contributed by atoms with Crippen molar-refractivity contribution in [1.29, 1.82) is 0 Å². The lowest BCUT2D eigenvalue weighted by molar-refractivity contribution is 0.0671. The first kappa shape index (κ1) is 19.8. The van der Waals surface area contributed by atoms with Crippen LogP contribution in [0.15, 0.2) is 52.4 Å². The molecule has 0 aliphatic carbocycles. The second-order valence-electron chi connectivity index (χ2n) is 6.50. The number of morpholine rings is 1. The summed E-state index contributed by atoms with van der Waals surface area (Å²) in [4.78, 5) is 12.9. The molecule has 0 saturated carbocycles. The summed E-state index contributed by atoms with van der Waals surface area (Å²) < 4.78 is 19.0. The number of ether oxygens (including phenoxy) is 1. The van der Waals surface area contributed by atoms with Crippen molar-refractivity contribution in [3.05, 3.63) is 58.3 Å². The Hall–Kier alpha value is -2.55. The van der Waals surface area contributed by atoms with Crippen LogP contribution in [0.3, 0.4) is 0 Å². The third-order valence-corrected chi connectivity index (χ3v) is 5.05. The SMILES string of the molecule is NC1=NC(Nc2ccc(F)c(Cl)c2)N(c2cccc(Cl)c2)C(N2CCOCC2)=N1. The van der Waals surface area contributed by atoms with Gasteiger partial charge in [-0.3, -0.25) is 4.90 Å². The molecular formula is C19H19Cl2FN6O. The molecule has 10 heteroatoms. The van der Waals surface area contributed by atoms with Gasteiger partial charge in [0, 0.05) is 29.5 Å². The molecule has 3 N–H and O–H groups in total. The van der Waals surface area contributed by atoms with Crippen molar-refractivity contribution in [2.24, 2.45) is 15.7 Å². The summed E-state index contributed by atoms with van der Waals surface area (Å²) in [5.41, 5.74) is 7.40. The highest BCUT2D eigenvalue weighted by atomic mass is 35.5. The van der Waals surface area contributed by atoms with Gasteiger partial charge in [-0.05, 0) is 36.4 Å². The zero-order chi connectivity index (χ0) is 20.4. The molecule has 4 rings (SSSR count). The van der Waals surface area contributed by atoms with E-state index in [0.717, 1.165) is 5.69 Å². The lowest BCUT2D eigenvalue weighted by atomic mass is 10.2. The van der Waals surface area contributed by atoms with Crippen LogP contribution in [0.4, 0.5) is 15.8 Å². The van der Waals surface area contributed by atoms with Crippen LogP contribution in [0.1, 0.15) is 0 Å². The van der Waals surface area contributed by atoms with E-state index in [0.29, 0.717) is 43.0 Å². The molecule has 1 fully saturated rings. The highest BCUT2D eigenvalue weighted by Crippen LogP contribution is 2.28. The van der Waals surface area contributed by atoms with Crippen LogP contribution in [0.25, 0.3) is 0 Å². The van der Waals surface area contributed by atoms with Crippen molar-refractivity contribution in [3.63, 3.8) is 0 Å². The average Bonchev–Trinajstić information content (AvgIpc) is 2.71. The number of aliphatic imine (C=N–C) groups is 2. The predicted octanol–water partition coefficient (Wildman–Crippen LogP) is 3.35. The molecule has 29 heavy (non-hydrogen) atoms. The molecule has 1 atom stereocenters. The molecule has 152 valence electrons. The number of hydrogen-bond donors (Lipinski definition) is 2. The fraction of sp³-hybridized carbons (Fsp3) is 0.263. The van der Waals surface area contributed by atoms with Gasteiger partial charge in [-0.2, -0.15) is 4.99 Å². The molecule has 2 aromatic rings. The van der Waals surface area contributed by atoms with Crippen LogP contribution >= 0.6 is 23.2 Å². The van der Waals surface area contributed by atoms with Crippen molar-refractivity contribution in [2.45, 2.75) is 6.29 Å². The standard InChI is InChI=1S/C19H19Cl2FN6O/c20-12-2-1-3-14(10-12)28-18(24-13-4-5-16(22)15(21)11-13)25-17(23)26-19(28)27-6-8-29-9-7-27/h1-5,10-11,18,24H,6-9H2,(H2,23,25). The Morgan fingerprint density at radius 3 is 2.66 bits per heavy atom. The Kier molecular flexibility index (Phi) is 5.75. The molecule has 1 saturated heterocycles. The summed E-state index contributed by atoms with van der Waals surface area (Å²) in [6.07, 6.45) is -0.634. The fourth-order valence-corrected chi connectivity index (χ4v) is 3.54. The number of benzene rings is 2. The van der Waals surface area contributed by atoms with E-state index in [1.807, 2.05) is 23.1 Å². The van der Waals surface area contributed by atoms with Crippen molar-refractivity contribution in [1.82, 2.24) is 4.90 Å². The van der Waals surface area contributed by atoms with Crippen LogP contribution in [0, 0.1) is 5.82 Å². The van der Waals surface area contributed by atoms with E-state index < -0.39 is 12.1 Å². The number of halogens is 3. The minimum Gasteiger partial charge on any atom is -0.378 e. The largest absolute Gasteiger partial charge is 0.378 e. The van der Waals surface area contributed by atoms with Crippen molar-refractivity contribution >= 4 is 46.5 Å². The Morgan fingerprint density at radius 1 is 1.14 bits per heavy atom. The minimum absolute atomic E-state index is 0.0131. The first-order valence-electron chi connectivity index (χ1n) is 9.02. The third kappa shape index (κ3) is 4.39. The third-order valence-electron chi connectivity index (χ3n) is 4.52. The van der Waals surface area contributed by atoms with Gasteiger partial charge in [0.15, 0.2) is 0 Å². The summed E-state index contributed by atoms with van der Waals surface area (Å²) in [6, 6.07) is 11.7. The second-order valence-corrected chi connectivity index (χ2v) is 7.34. The maximum absolute atomic E-state index is 13.6. The van der Waals surface area contributed by atoms with Gasteiger partial charge in [-0.25, -0.2) is 9.38 Å². The molecule has 1 unspecified atom stereocenters. The highest BCUT2D eigenvalue weighted by Gasteiger charge is 2.32. The Labute approximate surface area is 177 Å². The summed E-state index contributed by atoms with van der Waals surface area (Å²) in [5, 5.41) is 3.83. The fourth-order valence-electron chi connectivity index (χ4n) is 3.18. The average molecular weight is 437 g/mol. The first-order valence-corrected chi connectivity index (χ1v) is 9.78. The quantitative estimate of drug-likeness (QED) is 0.770. The van der Waals surface area contributed by atoms with Crippen LogP contribution in [0.5, 0.6) is 0 Å². The topological polar surface area (TPSA) is 78.5 Å². The van der Waals surface area contributed by atoms with Crippen molar-refractivity contribution < 1.29 is 9.13 Å². The second kappa shape index (κ2) is 8.44. The van der Waals surface area contributed by atoms with Gasteiger partial charge in [-0.1, -0.05) is 29.3 Å². The number of anilines is 2. The van der Waals surface area contributed by atoms with E-state index >= 15 is 0 Å². The number of nitrogens with two attached hydrogens (primary N) is 1. The molecule has 0 radical (unpaired) electrons. The zero-order valence-corrected chi connectivity index (χ0v) is 16.9. The monoisotopic (exact) mass is 436 g/mol. The predicted molar refractivity (Wildman–Crippen MR) is 114 cm³/mol. The van der Waals surface area contributed by atoms with E-state index in [1.54, 1.807) is 12.1 Å². The van der Waals surface area contributed by atoms with Gasteiger partial charge in [-0.15, -0.1) is 0 Å². The van der Waals surface area contributed by atoms with Gasteiger partial charge in [0.05, 0.1) is 18.2 Å². The smallest absolute Gasteiger partial charge is 0.222 e.